The molecule has 1 aliphatic heterocycles. The van der Waals surface area contributed by atoms with Crippen LogP contribution in [0.4, 0.5) is 0 Å². The second-order valence-corrected chi connectivity index (χ2v) is 14.7. The number of hydrogen-bond donors (Lipinski definition) is 3. The lowest BCUT2D eigenvalue weighted by Crippen LogP contribution is -2.55. The zero-order chi connectivity index (χ0) is 32.3. The number of likely N-dealkylation sites (N-methyl/N-ethyl adjacent to an activating group) is 1. The third-order valence-electron chi connectivity index (χ3n) is 11.1. The van der Waals surface area contributed by atoms with Crippen molar-refractivity contribution in [2.75, 3.05) is 13.6 Å². The Morgan fingerprint density at radius 1 is 1.11 bits per heavy atom. The number of nitrogens with zero attached hydrogens (tertiary/aromatic N) is 2. The molecule has 2 heterocycles. The Morgan fingerprint density at radius 2 is 1.82 bits per heavy atom. The number of aromatic amines is 1. The van der Waals surface area contributed by atoms with Crippen molar-refractivity contribution in [3.05, 3.63) is 70.3 Å². The molecule has 0 spiro atoms. The molecule has 45 heavy (non-hydrogen) atoms. The molecule has 2 aromatic carbocycles. The second-order valence-electron chi connectivity index (χ2n) is 13.8. The van der Waals surface area contributed by atoms with Gasteiger partial charge in [-0.25, -0.2) is 0 Å². The van der Waals surface area contributed by atoms with E-state index >= 15 is 0 Å². The lowest BCUT2D eigenvalue weighted by molar-refractivity contribution is -0.148. The fourth-order valence-corrected chi connectivity index (χ4v) is 8.48. The van der Waals surface area contributed by atoms with Gasteiger partial charge in [0.05, 0.1) is 6.10 Å². The maximum atomic E-state index is 14.0. The van der Waals surface area contributed by atoms with Crippen LogP contribution in [-0.4, -0.2) is 75.2 Å². The van der Waals surface area contributed by atoms with Crippen LogP contribution in [0.25, 0.3) is 10.9 Å². The number of H-pyrrole nitrogens is 1. The van der Waals surface area contributed by atoms with Gasteiger partial charge in [-0.15, -0.1) is 0 Å². The van der Waals surface area contributed by atoms with Crippen molar-refractivity contribution in [2.24, 2.45) is 22.7 Å². The van der Waals surface area contributed by atoms with Crippen LogP contribution in [0, 0.1) is 22.7 Å². The smallest absolute Gasteiger partial charge is 0.245 e. The van der Waals surface area contributed by atoms with Crippen LogP contribution < -0.4 is 5.32 Å². The molecule has 3 N–H and O–H groups in total. The van der Waals surface area contributed by atoms with Crippen molar-refractivity contribution in [2.45, 2.75) is 71.2 Å². The number of ketones is 1. The molecule has 3 fully saturated rings. The Balaban J connectivity index is 1.25. The standard InChI is InChI=1S/C35H41BrN4O5/c1-34(2)24-13-14-35(34,3)30(42)29(24)33(45)40-19-22(41)16-28(40)31(43)38-27(15-21-17-37-26-12-8-6-10-23(21)26)32(44)39(4)18-20-9-5-7-11-25(20)36/h5-12,17,22,24,27-29,37,41H,13-16,18-19H2,1-4H3,(H,38,43). The van der Waals surface area contributed by atoms with Gasteiger partial charge in [-0.2, -0.15) is 0 Å². The molecule has 10 heteroatoms. The predicted molar refractivity (Wildman–Crippen MR) is 174 cm³/mol. The normalized spacial score (nSPS) is 27.6. The van der Waals surface area contributed by atoms with E-state index in [1.54, 1.807) is 11.9 Å². The molecule has 3 amide bonds. The molecular formula is C35H41BrN4O5. The summed E-state index contributed by atoms with van der Waals surface area (Å²) < 4.78 is 0.878. The number of para-hydroxylation sites is 1. The number of fused-ring (bicyclic) bond motifs is 3. The summed E-state index contributed by atoms with van der Waals surface area (Å²) >= 11 is 3.55. The first-order valence-corrected chi connectivity index (χ1v) is 16.5. The number of amides is 3. The molecule has 9 nitrogen and oxygen atoms in total. The molecule has 2 saturated carbocycles. The number of β-amino-alcohol motifs (C(OH)–C–C–N with tert-alkyl or cyclic N) is 1. The summed E-state index contributed by atoms with van der Waals surface area (Å²) in [5.41, 5.74) is 1.82. The number of carbonyl (C=O) groups is 4. The Bertz CT molecular complexity index is 1670. The molecule has 3 aromatic rings. The number of benzene rings is 2. The Morgan fingerprint density at radius 3 is 2.53 bits per heavy atom. The van der Waals surface area contributed by atoms with Crippen LogP contribution in [0.15, 0.2) is 59.2 Å². The van der Waals surface area contributed by atoms with Crippen molar-refractivity contribution in [3.8, 4) is 0 Å². The molecule has 3 aliphatic rings. The average molecular weight is 678 g/mol. The number of Topliss-reactive ketones (excluding diaryl/α,β-unsaturated/α-hetero) is 1. The Kier molecular flexibility index (Phi) is 8.18. The van der Waals surface area contributed by atoms with Crippen LogP contribution in [0.3, 0.4) is 0 Å². The number of aliphatic hydroxyl groups excluding tert-OH is 1. The molecule has 0 radical (unpaired) electrons. The van der Waals surface area contributed by atoms with Gasteiger partial charge in [-0.05, 0) is 47.4 Å². The highest BCUT2D eigenvalue weighted by Crippen LogP contribution is 2.66. The van der Waals surface area contributed by atoms with E-state index in [9.17, 15) is 24.3 Å². The predicted octanol–water partition coefficient (Wildman–Crippen LogP) is 4.22. The van der Waals surface area contributed by atoms with E-state index in [1.807, 2.05) is 61.7 Å². The van der Waals surface area contributed by atoms with Gasteiger partial charge in [-0.1, -0.05) is 73.1 Å². The third-order valence-corrected chi connectivity index (χ3v) is 11.9. The number of aromatic nitrogens is 1. The Hall–Kier alpha value is -3.50. The van der Waals surface area contributed by atoms with E-state index in [0.717, 1.165) is 39.3 Å². The first-order chi connectivity index (χ1) is 21.3. The highest BCUT2D eigenvalue weighted by molar-refractivity contribution is 9.10. The van der Waals surface area contributed by atoms with Gasteiger partial charge in [0.15, 0.2) is 5.78 Å². The fraction of sp³-hybridized carbons (Fsp3) is 0.486. The number of likely N-dealkylation sites (tertiary alicyclic amines) is 1. The quantitative estimate of drug-likeness (QED) is 0.309. The largest absolute Gasteiger partial charge is 0.391 e. The molecule has 238 valence electrons. The van der Waals surface area contributed by atoms with Crippen LogP contribution >= 0.6 is 15.9 Å². The third kappa shape index (κ3) is 5.29. The van der Waals surface area contributed by atoms with Gasteiger partial charge >= 0.3 is 0 Å². The van der Waals surface area contributed by atoms with Crippen molar-refractivity contribution in [3.63, 3.8) is 0 Å². The topological polar surface area (TPSA) is 123 Å². The zero-order valence-corrected chi connectivity index (χ0v) is 27.8. The summed E-state index contributed by atoms with van der Waals surface area (Å²) in [5, 5.41) is 14.6. The number of halogens is 1. The summed E-state index contributed by atoms with van der Waals surface area (Å²) in [6, 6.07) is 13.5. The minimum atomic E-state index is -0.984. The molecule has 1 aromatic heterocycles. The van der Waals surface area contributed by atoms with E-state index in [4.69, 9.17) is 0 Å². The Labute approximate surface area is 271 Å². The first-order valence-electron chi connectivity index (χ1n) is 15.7. The van der Waals surface area contributed by atoms with E-state index in [1.165, 1.54) is 4.90 Å². The highest BCUT2D eigenvalue weighted by Gasteiger charge is 2.68. The average Bonchev–Trinajstić information content (AvgIpc) is 3.70. The van der Waals surface area contributed by atoms with E-state index in [0.29, 0.717) is 6.54 Å². The second kappa shape index (κ2) is 11.7. The molecule has 2 aliphatic carbocycles. The highest BCUT2D eigenvalue weighted by atomic mass is 79.9. The van der Waals surface area contributed by atoms with Crippen LogP contribution in [-0.2, 0) is 32.1 Å². The zero-order valence-electron chi connectivity index (χ0n) is 26.2. The van der Waals surface area contributed by atoms with Crippen molar-refractivity contribution >= 4 is 50.3 Å². The number of hydrogen-bond acceptors (Lipinski definition) is 5. The minimum Gasteiger partial charge on any atom is -0.391 e. The van der Waals surface area contributed by atoms with Gasteiger partial charge in [0.1, 0.15) is 18.0 Å². The fourth-order valence-electron chi connectivity index (χ4n) is 8.07. The lowest BCUT2D eigenvalue weighted by Gasteiger charge is -2.32. The van der Waals surface area contributed by atoms with Crippen LogP contribution in [0.5, 0.6) is 0 Å². The van der Waals surface area contributed by atoms with Gasteiger partial charge in [0.2, 0.25) is 17.7 Å². The van der Waals surface area contributed by atoms with Gasteiger partial charge in [-0.3, -0.25) is 19.2 Å². The molecule has 1 saturated heterocycles. The van der Waals surface area contributed by atoms with Gasteiger partial charge in [0, 0.05) is 60.0 Å². The maximum absolute atomic E-state index is 14.0. The number of carbonyl (C=O) groups excluding carboxylic acids is 4. The van der Waals surface area contributed by atoms with Crippen LogP contribution in [0.2, 0.25) is 0 Å². The van der Waals surface area contributed by atoms with E-state index in [2.05, 4.69) is 40.1 Å². The monoisotopic (exact) mass is 676 g/mol. The van der Waals surface area contributed by atoms with E-state index < -0.39 is 35.4 Å². The number of rotatable bonds is 8. The lowest BCUT2D eigenvalue weighted by atomic mass is 9.70. The van der Waals surface area contributed by atoms with Crippen molar-refractivity contribution in [1.29, 1.82) is 0 Å². The van der Waals surface area contributed by atoms with Gasteiger partial charge in [0.25, 0.3) is 0 Å². The molecule has 6 unspecified atom stereocenters. The SMILES string of the molecule is CN(Cc1ccccc1Br)C(=O)C(Cc1c[nH]c2ccccc12)NC(=O)C1CC(O)CN1C(=O)C1C(=O)C2(C)CCC1C2(C)C. The molecule has 6 rings (SSSR count). The maximum Gasteiger partial charge on any atom is 0.245 e. The minimum absolute atomic E-state index is 0.0203. The summed E-state index contributed by atoms with van der Waals surface area (Å²) in [7, 11) is 1.70. The molecule has 2 bridgehead atoms. The van der Waals surface area contributed by atoms with Crippen LogP contribution in [0.1, 0.15) is 51.2 Å². The number of nitrogens with one attached hydrogen (secondary N) is 2. The first kappa shape index (κ1) is 31.5. The van der Waals surface area contributed by atoms with Crippen molar-refractivity contribution in [1.82, 2.24) is 20.1 Å². The summed E-state index contributed by atoms with van der Waals surface area (Å²) in [4.78, 5) is 61.9. The number of aliphatic hydroxyl groups is 1. The summed E-state index contributed by atoms with van der Waals surface area (Å²) in [6.07, 6.45) is 2.76. The van der Waals surface area contributed by atoms with Crippen molar-refractivity contribution < 1.29 is 24.3 Å². The summed E-state index contributed by atoms with van der Waals surface area (Å²) in [5.74, 6) is -2.16. The van der Waals surface area contributed by atoms with E-state index in [-0.39, 0.29) is 48.3 Å². The molecule has 6 atom stereocenters. The molecular weight excluding hydrogens is 636 g/mol. The summed E-state index contributed by atoms with van der Waals surface area (Å²) in [6.45, 7) is 6.38. The van der Waals surface area contributed by atoms with Gasteiger partial charge < -0.3 is 25.2 Å².